The van der Waals surface area contributed by atoms with Gasteiger partial charge in [-0.2, -0.15) is 0 Å². The van der Waals surface area contributed by atoms with E-state index < -0.39 is 5.60 Å². The van der Waals surface area contributed by atoms with Crippen LogP contribution in [0.2, 0.25) is 0 Å². The lowest BCUT2D eigenvalue weighted by atomic mass is 9.91. The van der Waals surface area contributed by atoms with Gasteiger partial charge < -0.3 is 9.84 Å². The minimum absolute atomic E-state index is 0.319. The second-order valence-electron chi connectivity index (χ2n) is 5.06. The summed E-state index contributed by atoms with van der Waals surface area (Å²) in [5, 5.41) is 11.3. The largest absolute Gasteiger partial charge is 0.442 e. The van der Waals surface area contributed by atoms with Crippen LogP contribution in [0, 0.1) is 0 Å². The molecule has 0 atom stereocenters. The van der Waals surface area contributed by atoms with Crippen LogP contribution >= 0.6 is 0 Å². The molecule has 1 heterocycles. The van der Waals surface area contributed by atoms with E-state index in [-0.39, 0.29) is 0 Å². The summed E-state index contributed by atoms with van der Waals surface area (Å²) in [5.41, 5.74) is 2.36. The second kappa shape index (κ2) is 3.81. The highest BCUT2D eigenvalue weighted by Gasteiger charge is 2.48. The number of hydrogen-bond acceptors (Lipinski definition) is 3. The number of nitrogens with zero attached hydrogens (tertiary/aromatic N) is 1. The molecule has 1 aliphatic carbocycles. The molecule has 20 heavy (non-hydrogen) atoms. The zero-order valence-electron chi connectivity index (χ0n) is 10.8. The van der Waals surface area contributed by atoms with Gasteiger partial charge >= 0.3 is 0 Å². The molecule has 0 amide bonds. The monoisotopic (exact) mass is 263 g/mol. The first-order valence-electron chi connectivity index (χ1n) is 6.53. The zero-order valence-corrected chi connectivity index (χ0v) is 10.8. The molecule has 3 nitrogen and oxygen atoms in total. The Kier molecular flexibility index (Phi) is 2.18. The molecule has 2 aromatic rings. The molecule has 98 valence electrons. The predicted molar refractivity (Wildman–Crippen MR) is 77.4 cm³/mol. The highest BCUT2D eigenvalue weighted by Crippen LogP contribution is 2.48. The zero-order chi connectivity index (χ0) is 13.7. The molecule has 0 radical (unpaired) electrons. The predicted octanol–water partition coefficient (Wildman–Crippen LogP) is 2.85. The molecule has 4 rings (SSSR count). The standard InChI is InChI=1S/C17H13NO2/c1-11-10-18-16(20-11)17(19)14-8-4-2-6-12(14)13-7-3-5-9-15(13)17/h2-9,19H,1,10H2. The Labute approximate surface area is 116 Å². The maximum atomic E-state index is 11.3. The average molecular weight is 263 g/mol. The number of benzene rings is 2. The molecule has 0 fully saturated rings. The minimum Gasteiger partial charge on any atom is -0.442 e. The summed E-state index contributed by atoms with van der Waals surface area (Å²) in [6.45, 7) is 4.18. The highest BCUT2D eigenvalue weighted by molar-refractivity contribution is 6.00. The molecule has 1 N–H and O–H groups in total. The molecule has 2 aromatic carbocycles. The third-order valence-corrected chi connectivity index (χ3v) is 3.87. The molecule has 0 bridgehead atoms. The summed E-state index contributed by atoms with van der Waals surface area (Å²) >= 11 is 0. The van der Waals surface area contributed by atoms with Crippen LogP contribution in [-0.2, 0) is 10.3 Å². The van der Waals surface area contributed by atoms with Crippen molar-refractivity contribution in [3.05, 3.63) is 72.0 Å². The first-order chi connectivity index (χ1) is 9.71. The Balaban J connectivity index is 2.02. The molecule has 0 saturated carbocycles. The number of fused-ring (bicyclic) bond motifs is 3. The summed E-state index contributed by atoms with van der Waals surface area (Å²) in [4.78, 5) is 4.31. The van der Waals surface area contributed by atoms with Gasteiger partial charge in [-0.15, -0.1) is 0 Å². The van der Waals surface area contributed by atoms with E-state index in [4.69, 9.17) is 4.74 Å². The van der Waals surface area contributed by atoms with Crippen LogP contribution in [0.3, 0.4) is 0 Å². The van der Waals surface area contributed by atoms with Crippen molar-refractivity contribution in [2.45, 2.75) is 5.60 Å². The molecular formula is C17H13NO2. The SMILES string of the molecule is C=C1CN=C(C2(O)c3ccccc3-c3ccccc32)O1. The smallest absolute Gasteiger partial charge is 0.231 e. The van der Waals surface area contributed by atoms with Crippen molar-refractivity contribution < 1.29 is 9.84 Å². The molecule has 3 heteroatoms. The van der Waals surface area contributed by atoms with E-state index >= 15 is 0 Å². The summed E-state index contributed by atoms with van der Waals surface area (Å²) in [7, 11) is 0. The van der Waals surface area contributed by atoms with Crippen LogP contribution in [0.4, 0.5) is 0 Å². The summed E-state index contributed by atoms with van der Waals surface area (Å²) < 4.78 is 5.57. The van der Waals surface area contributed by atoms with Crippen LogP contribution in [0.5, 0.6) is 0 Å². The molecule has 2 aliphatic rings. The van der Waals surface area contributed by atoms with Gasteiger partial charge in [0, 0.05) is 11.1 Å². The van der Waals surface area contributed by atoms with E-state index in [9.17, 15) is 5.11 Å². The lowest BCUT2D eigenvalue weighted by molar-refractivity contribution is 0.135. The van der Waals surface area contributed by atoms with E-state index in [0.29, 0.717) is 18.2 Å². The second-order valence-corrected chi connectivity index (χ2v) is 5.06. The third-order valence-electron chi connectivity index (χ3n) is 3.87. The number of ether oxygens (including phenoxy) is 1. The van der Waals surface area contributed by atoms with Gasteiger partial charge in [-0.05, 0) is 11.1 Å². The fourth-order valence-corrected chi connectivity index (χ4v) is 2.99. The molecule has 0 aromatic heterocycles. The van der Waals surface area contributed by atoms with E-state index in [1.165, 1.54) is 0 Å². The van der Waals surface area contributed by atoms with E-state index in [1.54, 1.807) is 0 Å². The van der Waals surface area contributed by atoms with Crippen molar-refractivity contribution in [3.8, 4) is 11.1 Å². The Hall–Kier alpha value is -2.39. The molecular weight excluding hydrogens is 250 g/mol. The minimum atomic E-state index is -1.31. The highest BCUT2D eigenvalue weighted by atomic mass is 16.5. The van der Waals surface area contributed by atoms with Gasteiger partial charge in [0.05, 0.1) is 0 Å². The lowest BCUT2D eigenvalue weighted by Gasteiger charge is -2.24. The first kappa shape index (κ1) is 11.4. The number of rotatable bonds is 1. The number of aliphatic hydroxyl groups is 1. The third kappa shape index (κ3) is 1.30. The number of hydrogen-bond donors (Lipinski definition) is 1. The summed E-state index contributed by atoms with van der Waals surface area (Å²) in [6, 6.07) is 15.6. The quantitative estimate of drug-likeness (QED) is 0.859. The molecule has 0 spiro atoms. The van der Waals surface area contributed by atoms with E-state index in [0.717, 1.165) is 22.3 Å². The van der Waals surface area contributed by atoms with Crippen molar-refractivity contribution in [2.75, 3.05) is 6.54 Å². The summed E-state index contributed by atoms with van der Waals surface area (Å²) in [6.07, 6.45) is 0. The van der Waals surface area contributed by atoms with Crippen molar-refractivity contribution in [1.82, 2.24) is 0 Å². The van der Waals surface area contributed by atoms with Gasteiger partial charge in [0.1, 0.15) is 12.3 Å². The van der Waals surface area contributed by atoms with Crippen molar-refractivity contribution in [2.24, 2.45) is 4.99 Å². The Morgan fingerprint density at radius 1 is 1.00 bits per heavy atom. The molecule has 0 unspecified atom stereocenters. The first-order valence-corrected chi connectivity index (χ1v) is 6.53. The van der Waals surface area contributed by atoms with Gasteiger partial charge in [0.2, 0.25) is 5.90 Å². The van der Waals surface area contributed by atoms with Crippen LogP contribution < -0.4 is 0 Å². The van der Waals surface area contributed by atoms with Gasteiger partial charge in [-0.1, -0.05) is 55.1 Å². The van der Waals surface area contributed by atoms with Gasteiger partial charge in [0.25, 0.3) is 0 Å². The maximum Gasteiger partial charge on any atom is 0.231 e. The fourth-order valence-electron chi connectivity index (χ4n) is 2.99. The molecule has 0 saturated heterocycles. The Bertz CT molecular complexity index is 716. The van der Waals surface area contributed by atoms with Crippen LogP contribution in [0.1, 0.15) is 11.1 Å². The van der Waals surface area contributed by atoms with E-state index in [2.05, 4.69) is 11.6 Å². The van der Waals surface area contributed by atoms with Gasteiger partial charge in [-0.25, -0.2) is 4.99 Å². The van der Waals surface area contributed by atoms with E-state index in [1.807, 2.05) is 48.5 Å². The van der Waals surface area contributed by atoms with Crippen LogP contribution in [-0.4, -0.2) is 17.5 Å². The van der Waals surface area contributed by atoms with Crippen LogP contribution in [0.15, 0.2) is 65.9 Å². The van der Waals surface area contributed by atoms with Crippen molar-refractivity contribution in [1.29, 1.82) is 0 Å². The van der Waals surface area contributed by atoms with Crippen LogP contribution in [0.25, 0.3) is 11.1 Å². The Morgan fingerprint density at radius 3 is 2.05 bits per heavy atom. The number of aliphatic imine (C=N–C) groups is 1. The Morgan fingerprint density at radius 2 is 1.55 bits per heavy atom. The molecule has 1 aliphatic heterocycles. The van der Waals surface area contributed by atoms with Gasteiger partial charge in [0.15, 0.2) is 5.60 Å². The lowest BCUT2D eigenvalue weighted by Crippen LogP contribution is -2.35. The van der Waals surface area contributed by atoms with Crippen molar-refractivity contribution in [3.63, 3.8) is 0 Å². The normalized spacial score (nSPS) is 18.2. The summed E-state index contributed by atoms with van der Waals surface area (Å²) in [5.74, 6) is 0.884. The van der Waals surface area contributed by atoms with Gasteiger partial charge in [-0.3, -0.25) is 0 Å². The maximum absolute atomic E-state index is 11.3. The average Bonchev–Trinajstić information content (AvgIpc) is 3.03. The van der Waals surface area contributed by atoms with Crippen molar-refractivity contribution >= 4 is 5.90 Å². The topological polar surface area (TPSA) is 41.8 Å². The fraction of sp³-hybridized carbons (Fsp3) is 0.118.